The van der Waals surface area contributed by atoms with Crippen LogP contribution in [0.4, 0.5) is 8.78 Å². The SMILES string of the molecule is CCCC1(OC)CCC(F)(F)CC1. The molecule has 0 aromatic carbocycles. The van der Waals surface area contributed by atoms with E-state index in [1.807, 2.05) is 0 Å². The number of ether oxygens (including phenoxy) is 1. The van der Waals surface area contributed by atoms with Crippen LogP contribution >= 0.6 is 0 Å². The molecular weight excluding hydrogens is 174 g/mol. The topological polar surface area (TPSA) is 9.23 Å². The molecule has 3 heteroatoms. The Balaban J connectivity index is 2.52. The summed E-state index contributed by atoms with van der Waals surface area (Å²) in [6.45, 7) is 2.06. The largest absolute Gasteiger partial charge is 0.378 e. The molecule has 13 heavy (non-hydrogen) atoms. The predicted molar refractivity (Wildman–Crippen MR) is 48.1 cm³/mol. The fourth-order valence-corrected chi connectivity index (χ4v) is 2.08. The van der Waals surface area contributed by atoms with Gasteiger partial charge in [0.1, 0.15) is 0 Å². The summed E-state index contributed by atoms with van der Waals surface area (Å²) in [7, 11) is 1.64. The number of halogens is 2. The van der Waals surface area contributed by atoms with Crippen molar-refractivity contribution >= 4 is 0 Å². The third-order valence-electron chi connectivity index (χ3n) is 3.03. The van der Waals surface area contributed by atoms with Gasteiger partial charge in [-0.1, -0.05) is 13.3 Å². The summed E-state index contributed by atoms with van der Waals surface area (Å²) in [6.07, 6.45) is 2.88. The summed E-state index contributed by atoms with van der Waals surface area (Å²) >= 11 is 0. The molecule has 0 bridgehead atoms. The molecule has 0 aromatic heterocycles. The molecular formula is C10H18F2O. The summed E-state index contributed by atoms with van der Waals surface area (Å²) in [5.74, 6) is -2.45. The Morgan fingerprint density at radius 1 is 1.15 bits per heavy atom. The third-order valence-corrected chi connectivity index (χ3v) is 3.03. The van der Waals surface area contributed by atoms with Crippen LogP contribution in [0.25, 0.3) is 0 Å². The molecule has 1 nitrogen and oxygen atoms in total. The Morgan fingerprint density at radius 2 is 1.69 bits per heavy atom. The first-order chi connectivity index (χ1) is 6.04. The molecule has 0 spiro atoms. The van der Waals surface area contributed by atoms with Crippen LogP contribution in [-0.2, 0) is 4.74 Å². The van der Waals surface area contributed by atoms with Crippen LogP contribution in [0, 0.1) is 0 Å². The van der Waals surface area contributed by atoms with Gasteiger partial charge in [-0.3, -0.25) is 0 Å². The highest BCUT2D eigenvalue weighted by Crippen LogP contribution is 2.42. The van der Waals surface area contributed by atoms with Crippen LogP contribution in [0.3, 0.4) is 0 Å². The minimum absolute atomic E-state index is 0.0131. The quantitative estimate of drug-likeness (QED) is 0.666. The maximum absolute atomic E-state index is 12.9. The molecule has 0 saturated heterocycles. The van der Waals surface area contributed by atoms with Crippen LogP contribution in [-0.4, -0.2) is 18.6 Å². The molecule has 1 aliphatic carbocycles. The van der Waals surface area contributed by atoms with Crippen LogP contribution in [0.15, 0.2) is 0 Å². The van der Waals surface area contributed by atoms with Gasteiger partial charge in [-0.2, -0.15) is 0 Å². The van der Waals surface area contributed by atoms with E-state index in [2.05, 4.69) is 6.92 Å². The van der Waals surface area contributed by atoms with Gasteiger partial charge in [0.15, 0.2) is 0 Å². The fraction of sp³-hybridized carbons (Fsp3) is 1.00. The lowest BCUT2D eigenvalue weighted by atomic mass is 9.80. The van der Waals surface area contributed by atoms with Crippen molar-refractivity contribution in [3.05, 3.63) is 0 Å². The lowest BCUT2D eigenvalue weighted by molar-refractivity contribution is -0.121. The molecule has 78 valence electrons. The van der Waals surface area contributed by atoms with Gasteiger partial charge in [0.05, 0.1) is 5.60 Å². The zero-order valence-electron chi connectivity index (χ0n) is 8.41. The van der Waals surface area contributed by atoms with E-state index in [4.69, 9.17) is 4.74 Å². The van der Waals surface area contributed by atoms with E-state index in [0.29, 0.717) is 12.8 Å². The molecule has 0 atom stereocenters. The minimum atomic E-state index is -2.45. The van der Waals surface area contributed by atoms with Crippen LogP contribution in [0.2, 0.25) is 0 Å². The number of hydrogen-bond donors (Lipinski definition) is 0. The van der Waals surface area contributed by atoms with Gasteiger partial charge < -0.3 is 4.74 Å². The lowest BCUT2D eigenvalue weighted by Gasteiger charge is -2.38. The van der Waals surface area contributed by atoms with E-state index in [0.717, 1.165) is 12.8 Å². The highest BCUT2D eigenvalue weighted by Gasteiger charge is 2.42. The molecule has 0 N–H and O–H groups in total. The first-order valence-electron chi connectivity index (χ1n) is 4.97. The molecule has 0 heterocycles. The molecule has 0 amide bonds. The van der Waals surface area contributed by atoms with E-state index < -0.39 is 5.92 Å². The van der Waals surface area contributed by atoms with Crippen molar-refractivity contribution in [2.75, 3.05) is 7.11 Å². The average Bonchev–Trinajstić information content (AvgIpc) is 2.10. The Bertz CT molecular complexity index is 158. The van der Waals surface area contributed by atoms with Crippen molar-refractivity contribution in [3.63, 3.8) is 0 Å². The van der Waals surface area contributed by atoms with Crippen molar-refractivity contribution in [1.82, 2.24) is 0 Å². The lowest BCUT2D eigenvalue weighted by Crippen LogP contribution is -2.40. The van der Waals surface area contributed by atoms with Gasteiger partial charge in [0.2, 0.25) is 5.92 Å². The van der Waals surface area contributed by atoms with E-state index in [9.17, 15) is 8.78 Å². The molecule has 0 aliphatic heterocycles. The number of rotatable bonds is 3. The van der Waals surface area contributed by atoms with Crippen molar-refractivity contribution < 1.29 is 13.5 Å². The second-order valence-electron chi connectivity index (χ2n) is 3.99. The second-order valence-corrected chi connectivity index (χ2v) is 3.99. The molecule has 1 rings (SSSR count). The molecule has 1 saturated carbocycles. The monoisotopic (exact) mass is 192 g/mol. The zero-order chi connectivity index (χ0) is 9.95. The normalized spacial score (nSPS) is 25.8. The standard InChI is InChI=1S/C10H18F2O/c1-3-4-9(13-2)5-7-10(11,12)8-6-9/h3-8H2,1-2H3. The Hall–Kier alpha value is -0.180. The number of hydrogen-bond acceptors (Lipinski definition) is 1. The van der Waals surface area contributed by atoms with Crippen molar-refractivity contribution in [3.8, 4) is 0 Å². The van der Waals surface area contributed by atoms with Crippen LogP contribution < -0.4 is 0 Å². The fourth-order valence-electron chi connectivity index (χ4n) is 2.08. The molecule has 1 fully saturated rings. The van der Waals surface area contributed by atoms with Crippen LogP contribution in [0.5, 0.6) is 0 Å². The summed E-state index contributed by atoms with van der Waals surface area (Å²) in [5.41, 5.74) is -0.254. The smallest absolute Gasteiger partial charge is 0.248 e. The van der Waals surface area contributed by atoms with E-state index in [-0.39, 0.29) is 18.4 Å². The highest BCUT2D eigenvalue weighted by molar-refractivity contribution is 4.89. The second kappa shape index (κ2) is 3.91. The Kier molecular flexibility index (Phi) is 3.28. The van der Waals surface area contributed by atoms with Crippen molar-refractivity contribution in [1.29, 1.82) is 0 Å². The molecule has 1 aliphatic rings. The summed E-state index contributed by atoms with van der Waals surface area (Å²) in [4.78, 5) is 0. The molecule has 0 aromatic rings. The van der Waals surface area contributed by atoms with Crippen molar-refractivity contribution in [2.24, 2.45) is 0 Å². The predicted octanol–water partition coefficient (Wildman–Crippen LogP) is 3.38. The van der Waals surface area contributed by atoms with E-state index >= 15 is 0 Å². The maximum Gasteiger partial charge on any atom is 0.248 e. The Labute approximate surface area is 78.5 Å². The summed E-state index contributed by atoms with van der Waals surface area (Å²) in [5, 5.41) is 0. The first kappa shape index (κ1) is 10.9. The van der Waals surface area contributed by atoms with Gasteiger partial charge in [0, 0.05) is 20.0 Å². The summed E-state index contributed by atoms with van der Waals surface area (Å²) < 4.78 is 31.1. The van der Waals surface area contributed by atoms with E-state index in [1.54, 1.807) is 7.11 Å². The minimum Gasteiger partial charge on any atom is -0.378 e. The van der Waals surface area contributed by atoms with Gasteiger partial charge in [0.25, 0.3) is 0 Å². The summed E-state index contributed by atoms with van der Waals surface area (Å²) in [6, 6.07) is 0. The number of alkyl halides is 2. The van der Waals surface area contributed by atoms with Crippen molar-refractivity contribution in [2.45, 2.75) is 57.0 Å². The number of methoxy groups -OCH3 is 1. The van der Waals surface area contributed by atoms with Gasteiger partial charge in [-0.25, -0.2) is 8.78 Å². The van der Waals surface area contributed by atoms with E-state index in [1.165, 1.54) is 0 Å². The average molecular weight is 192 g/mol. The molecule has 0 radical (unpaired) electrons. The zero-order valence-corrected chi connectivity index (χ0v) is 8.41. The van der Waals surface area contributed by atoms with Gasteiger partial charge in [-0.05, 0) is 19.3 Å². The first-order valence-corrected chi connectivity index (χ1v) is 4.97. The molecule has 0 unspecified atom stereocenters. The van der Waals surface area contributed by atoms with Gasteiger partial charge in [-0.15, -0.1) is 0 Å². The Morgan fingerprint density at radius 3 is 2.08 bits per heavy atom. The highest BCUT2D eigenvalue weighted by atomic mass is 19.3. The third kappa shape index (κ3) is 2.63. The van der Waals surface area contributed by atoms with Crippen LogP contribution in [0.1, 0.15) is 45.4 Å². The maximum atomic E-state index is 12.9. The van der Waals surface area contributed by atoms with Gasteiger partial charge >= 0.3 is 0 Å².